The minimum Gasteiger partial charge on any atom is -0.480 e. The second-order valence-corrected chi connectivity index (χ2v) is 5.21. The summed E-state index contributed by atoms with van der Waals surface area (Å²) in [5.41, 5.74) is 0. The molecule has 1 aliphatic heterocycles. The number of amides is 1. The van der Waals surface area contributed by atoms with Gasteiger partial charge in [-0.3, -0.25) is 4.79 Å². The van der Waals surface area contributed by atoms with Crippen molar-refractivity contribution in [3.05, 3.63) is 0 Å². The van der Waals surface area contributed by atoms with Gasteiger partial charge in [0.1, 0.15) is 6.04 Å². The van der Waals surface area contributed by atoms with E-state index in [1.165, 1.54) is 23.6 Å². The molecule has 0 aromatic carbocycles. The predicted molar refractivity (Wildman–Crippen MR) is 50.5 cm³/mol. The van der Waals surface area contributed by atoms with Crippen molar-refractivity contribution in [2.24, 2.45) is 0 Å². The molecule has 1 heterocycles. The van der Waals surface area contributed by atoms with Gasteiger partial charge in [-0.05, 0) is 13.8 Å². The highest BCUT2D eigenvalue weighted by Gasteiger charge is 2.47. The molecule has 1 atom stereocenters. The van der Waals surface area contributed by atoms with E-state index in [4.69, 9.17) is 5.11 Å². The van der Waals surface area contributed by atoms with Crippen LogP contribution >= 0.6 is 11.8 Å². The quantitative estimate of drug-likeness (QED) is 0.684. The van der Waals surface area contributed by atoms with Gasteiger partial charge in [-0.25, -0.2) is 4.79 Å². The topological polar surface area (TPSA) is 57.6 Å². The van der Waals surface area contributed by atoms with E-state index in [9.17, 15) is 9.59 Å². The Morgan fingerprint density at radius 1 is 1.54 bits per heavy atom. The number of aliphatic carboxylic acids is 1. The van der Waals surface area contributed by atoms with Crippen LogP contribution in [0.25, 0.3) is 0 Å². The first-order chi connectivity index (χ1) is 5.86. The zero-order valence-corrected chi connectivity index (χ0v) is 8.72. The van der Waals surface area contributed by atoms with Gasteiger partial charge in [-0.2, -0.15) is 0 Å². The number of hydrogen-bond donors (Lipinski definition) is 1. The lowest BCUT2D eigenvalue weighted by Gasteiger charge is -2.26. The van der Waals surface area contributed by atoms with E-state index in [-0.39, 0.29) is 5.91 Å². The van der Waals surface area contributed by atoms with Crippen molar-refractivity contribution < 1.29 is 14.7 Å². The Bertz CT molecular complexity index is 252. The monoisotopic (exact) mass is 203 g/mol. The van der Waals surface area contributed by atoms with E-state index in [2.05, 4.69) is 0 Å². The normalized spacial score (nSPS) is 26.1. The van der Waals surface area contributed by atoms with Gasteiger partial charge in [-0.15, -0.1) is 11.8 Å². The largest absolute Gasteiger partial charge is 0.480 e. The van der Waals surface area contributed by atoms with Crippen LogP contribution in [0.4, 0.5) is 0 Å². The Labute approximate surface area is 81.3 Å². The maximum Gasteiger partial charge on any atom is 0.327 e. The fourth-order valence-corrected chi connectivity index (χ4v) is 2.66. The van der Waals surface area contributed by atoms with E-state index in [1.807, 2.05) is 13.8 Å². The lowest BCUT2D eigenvalue weighted by Crippen LogP contribution is -2.47. The molecular formula is C8H13NO3S. The third kappa shape index (κ3) is 1.80. The molecule has 4 nitrogen and oxygen atoms in total. The molecule has 0 radical (unpaired) electrons. The van der Waals surface area contributed by atoms with E-state index in [0.717, 1.165) is 0 Å². The summed E-state index contributed by atoms with van der Waals surface area (Å²) in [7, 11) is 0. The Morgan fingerprint density at radius 2 is 2.08 bits per heavy atom. The Kier molecular flexibility index (Phi) is 2.56. The first-order valence-electron chi connectivity index (χ1n) is 4.00. The van der Waals surface area contributed by atoms with Crippen LogP contribution in [0.5, 0.6) is 0 Å². The van der Waals surface area contributed by atoms with Crippen LogP contribution in [0.3, 0.4) is 0 Å². The summed E-state index contributed by atoms with van der Waals surface area (Å²) >= 11 is 1.50. The molecule has 0 aliphatic carbocycles. The minimum atomic E-state index is -0.926. The minimum absolute atomic E-state index is 0.175. The second kappa shape index (κ2) is 3.21. The molecule has 0 spiro atoms. The molecule has 1 aliphatic rings. The lowest BCUT2D eigenvalue weighted by molar-refractivity contribution is -0.148. The first-order valence-corrected chi connectivity index (χ1v) is 4.99. The first kappa shape index (κ1) is 10.4. The fraction of sp³-hybridized carbons (Fsp3) is 0.750. The lowest BCUT2D eigenvalue weighted by atomic mass is 10.0. The Balaban J connectivity index is 2.92. The number of hydrogen-bond acceptors (Lipinski definition) is 3. The molecule has 1 saturated heterocycles. The van der Waals surface area contributed by atoms with Crippen LogP contribution in [0.2, 0.25) is 0 Å². The van der Waals surface area contributed by atoms with E-state index < -0.39 is 16.8 Å². The highest BCUT2D eigenvalue weighted by Crippen LogP contribution is 2.39. The predicted octanol–water partition coefficient (Wildman–Crippen LogP) is 0.771. The summed E-state index contributed by atoms with van der Waals surface area (Å²) in [5.74, 6) is -0.630. The number of nitrogens with zero attached hydrogens (tertiary/aromatic N) is 1. The molecule has 1 amide bonds. The number of carbonyl (C=O) groups excluding carboxylic acids is 1. The van der Waals surface area contributed by atoms with Crippen LogP contribution in [0, 0.1) is 0 Å². The van der Waals surface area contributed by atoms with Crippen molar-refractivity contribution in [3.63, 3.8) is 0 Å². The van der Waals surface area contributed by atoms with Gasteiger partial charge in [0.05, 0.1) is 5.88 Å². The van der Waals surface area contributed by atoms with Crippen LogP contribution in [0.1, 0.15) is 20.8 Å². The van der Waals surface area contributed by atoms with Gasteiger partial charge in [0.15, 0.2) is 0 Å². The summed E-state index contributed by atoms with van der Waals surface area (Å²) in [6.07, 6.45) is 0. The van der Waals surface area contributed by atoms with Crippen molar-refractivity contribution in [2.45, 2.75) is 31.6 Å². The molecular weight excluding hydrogens is 190 g/mol. The Morgan fingerprint density at radius 3 is 2.38 bits per heavy atom. The number of carbonyl (C=O) groups is 2. The molecule has 0 unspecified atom stereocenters. The highest BCUT2D eigenvalue weighted by atomic mass is 32.2. The summed E-state index contributed by atoms with van der Waals surface area (Å²) in [6, 6.07) is -0.699. The highest BCUT2D eigenvalue weighted by molar-refractivity contribution is 8.00. The molecule has 1 N–H and O–H groups in total. The SMILES string of the molecule is CC(=O)N1CSC(C)(C)[C@@H]1C(=O)O. The molecule has 0 bridgehead atoms. The van der Waals surface area contributed by atoms with E-state index >= 15 is 0 Å². The molecule has 13 heavy (non-hydrogen) atoms. The molecule has 74 valence electrons. The molecule has 1 rings (SSSR count). The summed E-state index contributed by atoms with van der Waals surface area (Å²) in [4.78, 5) is 23.4. The maximum absolute atomic E-state index is 11.1. The summed E-state index contributed by atoms with van der Waals surface area (Å²) < 4.78 is -0.391. The van der Waals surface area contributed by atoms with E-state index in [0.29, 0.717) is 5.88 Å². The summed E-state index contributed by atoms with van der Waals surface area (Å²) in [6.45, 7) is 5.09. The maximum atomic E-state index is 11.1. The van der Waals surface area contributed by atoms with Crippen molar-refractivity contribution in [1.29, 1.82) is 0 Å². The van der Waals surface area contributed by atoms with Crippen molar-refractivity contribution in [3.8, 4) is 0 Å². The molecule has 0 aromatic rings. The van der Waals surface area contributed by atoms with Crippen molar-refractivity contribution in [1.82, 2.24) is 4.90 Å². The van der Waals surface area contributed by atoms with Crippen LogP contribution in [0.15, 0.2) is 0 Å². The Hall–Kier alpha value is -0.710. The summed E-state index contributed by atoms with van der Waals surface area (Å²) in [5, 5.41) is 8.96. The van der Waals surface area contributed by atoms with Crippen LogP contribution in [-0.2, 0) is 9.59 Å². The zero-order valence-electron chi connectivity index (χ0n) is 7.90. The number of thioether (sulfide) groups is 1. The van der Waals surface area contributed by atoms with E-state index in [1.54, 1.807) is 0 Å². The molecule has 0 saturated carbocycles. The van der Waals surface area contributed by atoms with Gasteiger partial charge < -0.3 is 10.0 Å². The van der Waals surface area contributed by atoms with Crippen molar-refractivity contribution in [2.75, 3.05) is 5.88 Å². The smallest absolute Gasteiger partial charge is 0.327 e. The fourth-order valence-electron chi connectivity index (χ4n) is 1.47. The average molecular weight is 203 g/mol. The number of carboxylic acids is 1. The number of carboxylic acid groups (broad SMARTS) is 1. The van der Waals surface area contributed by atoms with Crippen LogP contribution < -0.4 is 0 Å². The van der Waals surface area contributed by atoms with Crippen LogP contribution in [-0.4, -0.2) is 38.5 Å². The third-order valence-corrected chi connectivity index (χ3v) is 3.56. The molecule has 0 aromatic heterocycles. The van der Waals surface area contributed by atoms with Gasteiger partial charge in [0.25, 0.3) is 0 Å². The average Bonchev–Trinajstić information content (AvgIpc) is 2.24. The third-order valence-electron chi connectivity index (χ3n) is 2.18. The van der Waals surface area contributed by atoms with Gasteiger partial charge >= 0.3 is 5.97 Å². The van der Waals surface area contributed by atoms with Crippen molar-refractivity contribution >= 4 is 23.6 Å². The second-order valence-electron chi connectivity index (χ2n) is 3.61. The van der Waals surface area contributed by atoms with Gasteiger partial charge in [0, 0.05) is 11.7 Å². The molecule has 5 heteroatoms. The van der Waals surface area contributed by atoms with Gasteiger partial charge in [-0.1, -0.05) is 0 Å². The molecule has 1 fully saturated rings. The zero-order chi connectivity index (χ0) is 10.2. The number of rotatable bonds is 1. The standard InChI is InChI=1S/C8H13NO3S/c1-5(10)9-4-13-8(2,3)6(9)7(11)12/h6H,4H2,1-3H3,(H,11,12)/t6-/m0/s1. The van der Waals surface area contributed by atoms with Gasteiger partial charge in [0.2, 0.25) is 5.91 Å².